The van der Waals surface area contributed by atoms with Crippen LogP contribution in [0.5, 0.6) is 0 Å². The van der Waals surface area contributed by atoms with Gasteiger partial charge in [-0.25, -0.2) is 0 Å². The molecule has 3 rings (SSSR count). The number of fused-ring (bicyclic) bond motifs is 1. The molecule has 0 saturated carbocycles. The maximum absolute atomic E-state index is 12.3. The Kier molecular flexibility index (Phi) is 3.49. The van der Waals surface area contributed by atoms with Crippen molar-refractivity contribution in [3.8, 4) is 0 Å². The van der Waals surface area contributed by atoms with Crippen molar-refractivity contribution in [3.63, 3.8) is 0 Å². The number of aromatic amines is 1. The van der Waals surface area contributed by atoms with Crippen LogP contribution in [0.25, 0.3) is 10.9 Å². The third-order valence-corrected chi connectivity index (χ3v) is 4.20. The summed E-state index contributed by atoms with van der Waals surface area (Å²) in [5.74, 6) is 0.0267. The monoisotopic (exact) mass is 271 g/mol. The first-order chi connectivity index (χ1) is 9.65. The van der Waals surface area contributed by atoms with E-state index in [0.717, 1.165) is 48.1 Å². The number of carbonyl (C=O) groups excluding carboxylic acids is 1. The first kappa shape index (κ1) is 13.2. The number of carbonyl (C=O) groups is 1. The summed E-state index contributed by atoms with van der Waals surface area (Å²) in [7, 11) is 0. The highest BCUT2D eigenvalue weighted by Crippen LogP contribution is 2.22. The highest BCUT2D eigenvalue weighted by atomic mass is 16.1. The molecule has 106 valence electrons. The van der Waals surface area contributed by atoms with Gasteiger partial charge in [0.2, 0.25) is 0 Å². The molecular formula is C16H21N3O. The van der Waals surface area contributed by atoms with Crippen LogP contribution in [0.3, 0.4) is 0 Å². The zero-order chi connectivity index (χ0) is 14.1. The van der Waals surface area contributed by atoms with Gasteiger partial charge in [-0.05, 0) is 57.0 Å². The van der Waals surface area contributed by atoms with Gasteiger partial charge in [-0.3, -0.25) is 4.79 Å². The zero-order valence-corrected chi connectivity index (χ0v) is 12.0. The van der Waals surface area contributed by atoms with E-state index in [2.05, 4.69) is 29.5 Å². The third-order valence-electron chi connectivity index (χ3n) is 4.20. The number of amides is 1. The average molecular weight is 271 g/mol. The summed E-state index contributed by atoms with van der Waals surface area (Å²) in [4.78, 5) is 15.7. The van der Waals surface area contributed by atoms with E-state index in [4.69, 9.17) is 0 Å². The molecule has 3 N–H and O–H groups in total. The Morgan fingerprint density at radius 2 is 2.20 bits per heavy atom. The van der Waals surface area contributed by atoms with Crippen LogP contribution in [0.15, 0.2) is 18.2 Å². The van der Waals surface area contributed by atoms with Crippen molar-refractivity contribution in [1.82, 2.24) is 15.6 Å². The molecule has 20 heavy (non-hydrogen) atoms. The van der Waals surface area contributed by atoms with Gasteiger partial charge in [-0.15, -0.1) is 0 Å². The molecule has 1 fully saturated rings. The normalized spacial score (nSPS) is 19.2. The smallest absolute Gasteiger partial charge is 0.251 e. The van der Waals surface area contributed by atoms with Crippen LogP contribution in [0.2, 0.25) is 0 Å². The molecule has 1 unspecified atom stereocenters. The molecule has 1 atom stereocenters. The Bertz CT molecular complexity index is 638. The number of aryl methyl sites for hydroxylation is 2. The Labute approximate surface area is 118 Å². The summed E-state index contributed by atoms with van der Waals surface area (Å²) < 4.78 is 0. The van der Waals surface area contributed by atoms with E-state index >= 15 is 0 Å². The molecule has 0 spiro atoms. The summed E-state index contributed by atoms with van der Waals surface area (Å²) in [6, 6.07) is 6.12. The number of hydrogen-bond donors (Lipinski definition) is 3. The van der Waals surface area contributed by atoms with Crippen molar-refractivity contribution in [1.29, 1.82) is 0 Å². The van der Waals surface area contributed by atoms with Gasteiger partial charge in [0, 0.05) is 34.7 Å². The van der Waals surface area contributed by atoms with Gasteiger partial charge in [-0.2, -0.15) is 0 Å². The van der Waals surface area contributed by atoms with Crippen molar-refractivity contribution in [2.75, 3.05) is 13.1 Å². The number of aromatic nitrogens is 1. The van der Waals surface area contributed by atoms with Crippen LogP contribution in [-0.4, -0.2) is 30.0 Å². The summed E-state index contributed by atoms with van der Waals surface area (Å²) >= 11 is 0. The van der Waals surface area contributed by atoms with Crippen LogP contribution in [0.1, 0.15) is 34.5 Å². The van der Waals surface area contributed by atoms with Gasteiger partial charge in [0.05, 0.1) is 0 Å². The minimum absolute atomic E-state index is 0.0267. The van der Waals surface area contributed by atoms with Gasteiger partial charge in [0.1, 0.15) is 0 Å². The van der Waals surface area contributed by atoms with E-state index in [9.17, 15) is 4.79 Å². The topological polar surface area (TPSA) is 56.9 Å². The Morgan fingerprint density at radius 1 is 1.35 bits per heavy atom. The Hall–Kier alpha value is -1.81. The molecule has 1 aromatic carbocycles. The second-order valence-electron chi connectivity index (χ2n) is 5.65. The van der Waals surface area contributed by atoms with E-state index in [0.29, 0.717) is 0 Å². The Morgan fingerprint density at radius 3 is 2.95 bits per heavy atom. The molecule has 0 bridgehead atoms. The van der Waals surface area contributed by atoms with Crippen molar-refractivity contribution in [2.24, 2.45) is 0 Å². The van der Waals surface area contributed by atoms with Crippen molar-refractivity contribution < 1.29 is 4.79 Å². The summed E-state index contributed by atoms with van der Waals surface area (Å²) in [6.45, 7) is 6.07. The molecule has 2 heterocycles. The van der Waals surface area contributed by atoms with E-state index in [1.54, 1.807) is 0 Å². The van der Waals surface area contributed by atoms with Gasteiger partial charge in [0.15, 0.2) is 0 Å². The van der Waals surface area contributed by atoms with E-state index < -0.39 is 0 Å². The maximum Gasteiger partial charge on any atom is 0.251 e. The van der Waals surface area contributed by atoms with Crippen molar-refractivity contribution >= 4 is 16.8 Å². The standard InChI is InChI=1S/C16H21N3O/c1-10-11(2)18-15-6-5-12(8-14(10)15)16(20)19-13-4-3-7-17-9-13/h5-6,8,13,17-18H,3-4,7,9H2,1-2H3,(H,19,20). The molecule has 2 aromatic rings. The molecule has 0 aliphatic carbocycles. The zero-order valence-electron chi connectivity index (χ0n) is 12.0. The lowest BCUT2D eigenvalue weighted by Crippen LogP contribution is -2.45. The minimum Gasteiger partial charge on any atom is -0.358 e. The van der Waals surface area contributed by atoms with E-state index in [1.807, 2.05) is 18.2 Å². The SMILES string of the molecule is Cc1[nH]c2ccc(C(=O)NC3CCCNC3)cc2c1C. The van der Waals surface area contributed by atoms with Crippen LogP contribution >= 0.6 is 0 Å². The molecule has 0 radical (unpaired) electrons. The molecule has 4 nitrogen and oxygen atoms in total. The van der Waals surface area contributed by atoms with Gasteiger partial charge < -0.3 is 15.6 Å². The van der Waals surface area contributed by atoms with E-state index in [1.165, 1.54) is 5.56 Å². The van der Waals surface area contributed by atoms with E-state index in [-0.39, 0.29) is 11.9 Å². The fraction of sp³-hybridized carbons (Fsp3) is 0.438. The van der Waals surface area contributed by atoms with Crippen LogP contribution in [0.4, 0.5) is 0 Å². The molecular weight excluding hydrogens is 250 g/mol. The first-order valence-electron chi connectivity index (χ1n) is 7.25. The van der Waals surface area contributed by atoms with Gasteiger partial charge >= 0.3 is 0 Å². The largest absolute Gasteiger partial charge is 0.358 e. The predicted octanol–water partition coefficient (Wildman–Crippen LogP) is 2.27. The van der Waals surface area contributed by atoms with Crippen molar-refractivity contribution in [2.45, 2.75) is 32.7 Å². The summed E-state index contributed by atoms with van der Waals surface area (Å²) in [6.07, 6.45) is 2.18. The Balaban J connectivity index is 1.82. The maximum atomic E-state index is 12.3. The number of rotatable bonds is 2. The van der Waals surface area contributed by atoms with Crippen LogP contribution in [-0.2, 0) is 0 Å². The number of nitrogens with one attached hydrogen (secondary N) is 3. The predicted molar refractivity (Wildman–Crippen MR) is 81.1 cm³/mol. The highest BCUT2D eigenvalue weighted by Gasteiger charge is 2.17. The van der Waals surface area contributed by atoms with Crippen molar-refractivity contribution in [3.05, 3.63) is 35.0 Å². The average Bonchev–Trinajstić information content (AvgIpc) is 2.75. The summed E-state index contributed by atoms with van der Waals surface area (Å²) in [5, 5.41) is 7.56. The quantitative estimate of drug-likeness (QED) is 0.785. The fourth-order valence-electron chi connectivity index (χ4n) is 2.85. The molecule has 1 aromatic heterocycles. The lowest BCUT2D eigenvalue weighted by molar-refractivity contribution is 0.0931. The number of benzene rings is 1. The van der Waals surface area contributed by atoms with Crippen LogP contribution in [0, 0.1) is 13.8 Å². The summed E-state index contributed by atoms with van der Waals surface area (Å²) in [5.41, 5.74) is 4.21. The molecule has 1 saturated heterocycles. The molecule has 1 amide bonds. The molecule has 1 aliphatic rings. The number of hydrogen-bond acceptors (Lipinski definition) is 2. The lowest BCUT2D eigenvalue weighted by atomic mass is 10.1. The third kappa shape index (κ3) is 2.43. The second kappa shape index (κ2) is 5.29. The highest BCUT2D eigenvalue weighted by molar-refractivity contribution is 5.99. The second-order valence-corrected chi connectivity index (χ2v) is 5.65. The van der Waals surface area contributed by atoms with Gasteiger partial charge in [-0.1, -0.05) is 0 Å². The lowest BCUT2D eigenvalue weighted by Gasteiger charge is -2.23. The number of piperidine rings is 1. The minimum atomic E-state index is 0.0267. The van der Waals surface area contributed by atoms with Crippen LogP contribution < -0.4 is 10.6 Å². The first-order valence-corrected chi connectivity index (χ1v) is 7.25. The fourth-order valence-corrected chi connectivity index (χ4v) is 2.85. The number of H-pyrrole nitrogens is 1. The molecule has 1 aliphatic heterocycles. The molecule has 4 heteroatoms. The van der Waals surface area contributed by atoms with Gasteiger partial charge in [0.25, 0.3) is 5.91 Å².